The number of ether oxygens (including phenoxy) is 2. The Labute approximate surface area is 144 Å². The first kappa shape index (κ1) is 16.9. The summed E-state index contributed by atoms with van der Waals surface area (Å²) in [6.45, 7) is 1.38. The third-order valence-electron chi connectivity index (χ3n) is 4.15. The normalized spacial score (nSPS) is 15.0. The van der Waals surface area contributed by atoms with E-state index in [1.165, 1.54) is 13.4 Å². The summed E-state index contributed by atoms with van der Waals surface area (Å²) in [5, 5.41) is 0. The van der Waals surface area contributed by atoms with E-state index in [1.54, 1.807) is 24.5 Å². The minimum absolute atomic E-state index is 0.0121. The minimum Gasteiger partial charge on any atom is -0.463 e. The third kappa shape index (κ3) is 3.96. The number of furan rings is 1. The van der Waals surface area contributed by atoms with Crippen molar-refractivity contribution in [1.82, 2.24) is 9.97 Å². The molecule has 0 aliphatic carbocycles. The molecule has 0 atom stereocenters. The van der Waals surface area contributed by atoms with E-state index < -0.39 is 5.97 Å². The summed E-state index contributed by atoms with van der Waals surface area (Å²) in [5.41, 5.74) is 0.496. The molecule has 132 valence electrons. The highest BCUT2D eigenvalue weighted by atomic mass is 16.5. The molecule has 1 fully saturated rings. The van der Waals surface area contributed by atoms with Crippen LogP contribution in [0.15, 0.2) is 35.2 Å². The second-order valence-corrected chi connectivity index (χ2v) is 5.68. The Morgan fingerprint density at radius 1 is 1.28 bits per heavy atom. The van der Waals surface area contributed by atoms with Crippen LogP contribution < -0.4 is 4.90 Å². The first-order valence-corrected chi connectivity index (χ1v) is 8.02. The smallest absolute Gasteiger partial charge is 0.374 e. The van der Waals surface area contributed by atoms with Gasteiger partial charge in [0.15, 0.2) is 0 Å². The van der Waals surface area contributed by atoms with Crippen LogP contribution in [0.4, 0.5) is 5.95 Å². The number of methoxy groups -OCH3 is 1. The quantitative estimate of drug-likeness (QED) is 0.757. The third-order valence-corrected chi connectivity index (χ3v) is 4.15. The van der Waals surface area contributed by atoms with Crippen molar-refractivity contribution in [3.8, 4) is 0 Å². The maximum Gasteiger partial charge on any atom is 0.374 e. The van der Waals surface area contributed by atoms with Crippen molar-refractivity contribution in [2.75, 3.05) is 25.1 Å². The van der Waals surface area contributed by atoms with Crippen molar-refractivity contribution in [2.45, 2.75) is 19.4 Å². The van der Waals surface area contributed by atoms with Crippen LogP contribution in [0.5, 0.6) is 0 Å². The van der Waals surface area contributed by atoms with Crippen LogP contribution in [0.3, 0.4) is 0 Å². The standard InChI is InChI=1S/C17H19N3O5/c1-23-16(22)14-13(5-10-24-14)11-25-15(21)12-3-8-20(9-4-12)17-18-6-2-7-19-17/h2,5-7,10,12H,3-4,8-9,11H2,1H3. The zero-order chi connectivity index (χ0) is 17.6. The van der Waals surface area contributed by atoms with Gasteiger partial charge in [-0.15, -0.1) is 0 Å². The van der Waals surface area contributed by atoms with Crippen LogP contribution in [-0.2, 0) is 20.9 Å². The molecule has 8 nitrogen and oxygen atoms in total. The Kier molecular flexibility index (Phi) is 5.27. The largest absolute Gasteiger partial charge is 0.463 e. The average molecular weight is 345 g/mol. The molecule has 0 bridgehead atoms. The predicted molar refractivity (Wildman–Crippen MR) is 86.8 cm³/mol. The molecule has 0 N–H and O–H groups in total. The second-order valence-electron chi connectivity index (χ2n) is 5.68. The van der Waals surface area contributed by atoms with Crippen molar-refractivity contribution in [1.29, 1.82) is 0 Å². The molecule has 1 aliphatic rings. The maximum atomic E-state index is 12.3. The van der Waals surface area contributed by atoms with Crippen molar-refractivity contribution in [3.05, 3.63) is 42.1 Å². The molecular weight excluding hydrogens is 326 g/mol. The molecule has 1 saturated heterocycles. The van der Waals surface area contributed by atoms with Crippen LogP contribution in [0.1, 0.15) is 29.0 Å². The van der Waals surface area contributed by atoms with Gasteiger partial charge in [-0.2, -0.15) is 0 Å². The van der Waals surface area contributed by atoms with Crippen molar-refractivity contribution < 1.29 is 23.5 Å². The monoisotopic (exact) mass is 345 g/mol. The lowest BCUT2D eigenvalue weighted by atomic mass is 9.97. The first-order valence-electron chi connectivity index (χ1n) is 8.02. The summed E-state index contributed by atoms with van der Waals surface area (Å²) in [4.78, 5) is 34.3. The fourth-order valence-electron chi connectivity index (χ4n) is 2.76. The van der Waals surface area contributed by atoms with Crippen LogP contribution >= 0.6 is 0 Å². The molecule has 25 heavy (non-hydrogen) atoms. The number of piperidine rings is 1. The van der Waals surface area contributed by atoms with E-state index in [2.05, 4.69) is 19.6 Å². The molecule has 2 aromatic heterocycles. The molecule has 3 rings (SSSR count). The summed E-state index contributed by atoms with van der Waals surface area (Å²) in [6, 6.07) is 3.36. The Balaban J connectivity index is 1.50. The predicted octanol–water partition coefficient (Wildman–Crippen LogP) is 1.82. The summed E-state index contributed by atoms with van der Waals surface area (Å²) >= 11 is 0. The summed E-state index contributed by atoms with van der Waals surface area (Å²) in [5.74, 6) is -0.298. The highest BCUT2D eigenvalue weighted by Crippen LogP contribution is 2.22. The van der Waals surface area contributed by atoms with Gasteiger partial charge in [0, 0.05) is 31.0 Å². The fraction of sp³-hybridized carbons (Fsp3) is 0.412. The molecule has 0 saturated carbocycles. The molecule has 0 amide bonds. The highest BCUT2D eigenvalue weighted by molar-refractivity contribution is 5.87. The maximum absolute atomic E-state index is 12.3. The van der Waals surface area contributed by atoms with Gasteiger partial charge in [-0.05, 0) is 25.0 Å². The van der Waals surface area contributed by atoms with Crippen LogP contribution in [0.25, 0.3) is 0 Å². The Bertz CT molecular complexity index is 723. The molecule has 0 unspecified atom stereocenters. The number of aromatic nitrogens is 2. The Morgan fingerprint density at radius 2 is 2.00 bits per heavy atom. The average Bonchev–Trinajstić information content (AvgIpc) is 3.15. The second kappa shape index (κ2) is 7.78. The molecule has 2 aromatic rings. The molecule has 0 radical (unpaired) electrons. The van der Waals surface area contributed by atoms with E-state index >= 15 is 0 Å². The molecule has 0 aromatic carbocycles. The van der Waals surface area contributed by atoms with Gasteiger partial charge in [-0.1, -0.05) is 0 Å². The number of carbonyl (C=O) groups excluding carboxylic acids is 2. The van der Waals surface area contributed by atoms with Crippen LogP contribution in [0.2, 0.25) is 0 Å². The first-order chi connectivity index (χ1) is 12.2. The lowest BCUT2D eigenvalue weighted by molar-refractivity contribution is -0.150. The zero-order valence-electron chi connectivity index (χ0n) is 13.9. The number of hydrogen-bond acceptors (Lipinski definition) is 8. The summed E-state index contributed by atoms with van der Waals surface area (Å²) < 4.78 is 15.0. The fourth-order valence-corrected chi connectivity index (χ4v) is 2.76. The number of anilines is 1. The van der Waals surface area contributed by atoms with E-state index in [9.17, 15) is 9.59 Å². The SMILES string of the molecule is COC(=O)c1occc1COC(=O)C1CCN(c2ncccn2)CC1. The van der Waals surface area contributed by atoms with Gasteiger partial charge < -0.3 is 18.8 Å². The van der Waals surface area contributed by atoms with Gasteiger partial charge in [-0.25, -0.2) is 14.8 Å². The van der Waals surface area contributed by atoms with E-state index in [4.69, 9.17) is 9.15 Å². The number of rotatable bonds is 5. The Hall–Kier alpha value is -2.90. The van der Waals surface area contributed by atoms with Gasteiger partial charge in [0.1, 0.15) is 6.61 Å². The molecule has 3 heterocycles. The van der Waals surface area contributed by atoms with Crippen LogP contribution in [-0.4, -0.2) is 42.1 Å². The number of carbonyl (C=O) groups is 2. The van der Waals surface area contributed by atoms with Crippen molar-refractivity contribution >= 4 is 17.9 Å². The molecule has 0 spiro atoms. The molecule has 8 heteroatoms. The van der Waals surface area contributed by atoms with Crippen molar-refractivity contribution in [2.24, 2.45) is 5.92 Å². The van der Waals surface area contributed by atoms with Gasteiger partial charge in [0.25, 0.3) is 0 Å². The van der Waals surface area contributed by atoms with E-state index in [0.29, 0.717) is 37.4 Å². The van der Waals surface area contributed by atoms with Gasteiger partial charge >= 0.3 is 11.9 Å². The lowest BCUT2D eigenvalue weighted by Gasteiger charge is -2.30. The number of nitrogens with zero attached hydrogens (tertiary/aromatic N) is 3. The van der Waals surface area contributed by atoms with E-state index in [0.717, 1.165) is 0 Å². The van der Waals surface area contributed by atoms with Gasteiger partial charge in [0.05, 0.1) is 19.3 Å². The topological polar surface area (TPSA) is 94.8 Å². The number of hydrogen-bond donors (Lipinski definition) is 0. The van der Waals surface area contributed by atoms with E-state index in [-0.39, 0.29) is 24.3 Å². The van der Waals surface area contributed by atoms with Gasteiger partial charge in [-0.3, -0.25) is 4.79 Å². The highest BCUT2D eigenvalue weighted by Gasteiger charge is 2.27. The summed E-state index contributed by atoms with van der Waals surface area (Å²) in [6.07, 6.45) is 6.12. The number of esters is 2. The van der Waals surface area contributed by atoms with E-state index in [1.807, 2.05) is 0 Å². The zero-order valence-corrected chi connectivity index (χ0v) is 13.9. The van der Waals surface area contributed by atoms with Crippen molar-refractivity contribution in [3.63, 3.8) is 0 Å². The Morgan fingerprint density at radius 3 is 2.68 bits per heavy atom. The molecule has 1 aliphatic heterocycles. The van der Waals surface area contributed by atoms with Gasteiger partial charge in [0.2, 0.25) is 11.7 Å². The molecular formula is C17H19N3O5. The minimum atomic E-state index is -0.591. The lowest BCUT2D eigenvalue weighted by Crippen LogP contribution is -2.37. The summed E-state index contributed by atoms with van der Waals surface area (Å²) in [7, 11) is 1.27. The van der Waals surface area contributed by atoms with Crippen LogP contribution in [0, 0.1) is 5.92 Å².